The van der Waals surface area contributed by atoms with Gasteiger partial charge in [-0.15, -0.1) is 10.2 Å². The number of carbonyl (C=O) groups is 1. The first kappa shape index (κ1) is 19.9. The summed E-state index contributed by atoms with van der Waals surface area (Å²) in [6, 6.07) is 29.8. The van der Waals surface area contributed by atoms with Crippen molar-refractivity contribution >= 4 is 22.4 Å². The maximum atomic E-state index is 12.4. The molecule has 0 unspecified atom stereocenters. The van der Waals surface area contributed by atoms with Gasteiger partial charge in [0.1, 0.15) is 17.7 Å². The van der Waals surface area contributed by atoms with Gasteiger partial charge < -0.3 is 4.74 Å². The number of carbonyl (C=O) groups excluding carboxylic acids is 1. The minimum atomic E-state index is -0.318. The molecule has 4 rings (SSSR count). The molecule has 1 heterocycles. The van der Waals surface area contributed by atoms with Gasteiger partial charge in [-0.3, -0.25) is 10.1 Å². The molecule has 0 saturated carbocycles. The van der Waals surface area contributed by atoms with E-state index in [2.05, 4.69) is 15.5 Å². The predicted octanol–water partition coefficient (Wildman–Crippen LogP) is 4.87. The van der Waals surface area contributed by atoms with Crippen molar-refractivity contribution < 1.29 is 9.53 Å². The van der Waals surface area contributed by atoms with E-state index in [9.17, 15) is 4.79 Å². The van der Waals surface area contributed by atoms with E-state index in [1.165, 1.54) is 11.3 Å². The van der Waals surface area contributed by atoms with Crippen LogP contribution in [0, 0.1) is 0 Å². The van der Waals surface area contributed by atoms with Gasteiger partial charge in [0.15, 0.2) is 0 Å². The number of hydrogen-bond acceptors (Lipinski definition) is 5. The highest BCUT2D eigenvalue weighted by Crippen LogP contribution is 2.26. The number of ether oxygens (including phenoxy) is 1. The first-order chi connectivity index (χ1) is 14.8. The third-order valence-corrected chi connectivity index (χ3v) is 5.34. The molecule has 0 saturated heterocycles. The Balaban J connectivity index is 1.37. The molecule has 0 spiro atoms. The maximum Gasteiger partial charge on any atom is 0.252 e. The average Bonchev–Trinajstić information content (AvgIpc) is 3.22. The van der Waals surface area contributed by atoms with Crippen LogP contribution in [0.15, 0.2) is 91.0 Å². The fraction of sp³-hybridized carbons (Fsp3) is 0.125. The normalized spacial score (nSPS) is 10.8. The number of rotatable bonds is 8. The van der Waals surface area contributed by atoms with Crippen molar-refractivity contribution in [2.45, 2.75) is 12.5 Å². The van der Waals surface area contributed by atoms with Crippen molar-refractivity contribution in [3.8, 4) is 0 Å². The Morgan fingerprint density at radius 3 is 2.00 bits per heavy atom. The van der Waals surface area contributed by atoms with Gasteiger partial charge in [0.05, 0.1) is 0 Å². The molecule has 0 aliphatic carbocycles. The van der Waals surface area contributed by atoms with E-state index in [0.717, 1.165) is 21.7 Å². The number of benzene rings is 3. The summed E-state index contributed by atoms with van der Waals surface area (Å²) in [7, 11) is 0. The molecule has 0 atom stereocenters. The Morgan fingerprint density at radius 2 is 1.40 bits per heavy atom. The third kappa shape index (κ3) is 5.37. The zero-order valence-electron chi connectivity index (χ0n) is 16.3. The van der Waals surface area contributed by atoms with Gasteiger partial charge in [-0.2, -0.15) is 0 Å². The molecule has 4 aromatic rings. The fourth-order valence-corrected chi connectivity index (χ4v) is 3.89. The first-order valence-corrected chi connectivity index (χ1v) is 10.5. The summed E-state index contributed by atoms with van der Waals surface area (Å²) in [5, 5.41) is 12.4. The Bertz CT molecular complexity index is 1030. The van der Waals surface area contributed by atoms with E-state index >= 15 is 0 Å². The van der Waals surface area contributed by atoms with Crippen molar-refractivity contribution in [1.82, 2.24) is 10.2 Å². The summed E-state index contributed by atoms with van der Waals surface area (Å²) in [6.45, 7) is -0.0813. The van der Waals surface area contributed by atoms with Gasteiger partial charge >= 0.3 is 0 Å². The molecule has 5 nitrogen and oxygen atoms in total. The molecule has 0 radical (unpaired) electrons. The van der Waals surface area contributed by atoms with Crippen molar-refractivity contribution in [3.05, 3.63) is 113 Å². The smallest absolute Gasteiger partial charge is 0.252 e. The van der Waals surface area contributed by atoms with E-state index < -0.39 is 0 Å². The second-order valence-electron chi connectivity index (χ2n) is 6.72. The van der Waals surface area contributed by atoms with Crippen LogP contribution in [0.5, 0.6) is 0 Å². The molecular formula is C24H21N3O2S. The van der Waals surface area contributed by atoms with Crippen LogP contribution in [0.2, 0.25) is 0 Å². The molecule has 1 N–H and O–H groups in total. The van der Waals surface area contributed by atoms with E-state index in [1.54, 1.807) is 0 Å². The topological polar surface area (TPSA) is 64.1 Å². The van der Waals surface area contributed by atoms with Crippen molar-refractivity contribution in [3.63, 3.8) is 0 Å². The van der Waals surface area contributed by atoms with Crippen LogP contribution in [0.3, 0.4) is 0 Å². The molecule has 1 amide bonds. The Labute approximate surface area is 179 Å². The summed E-state index contributed by atoms with van der Waals surface area (Å²) in [4.78, 5) is 12.4. The number of hydrogen-bond donors (Lipinski definition) is 1. The standard InChI is InChI=1S/C24H21N3O2S/c28-21(25-24-27-26-22(30-24)16-18-10-4-1-5-11-18)17-29-23(19-12-6-2-7-13-19)20-14-8-3-9-15-20/h1-15,23H,16-17H2,(H,25,27,28). The second-order valence-corrected chi connectivity index (χ2v) is 7.79. The predicted molar refractivity (Wildman–Crippen MR) is 118 cm³/mol. The highest BCUT2D eigenvalue weighted by Gasteiger charge is 2.17. The maximum absolute atomic E-state index is 12.4. The van der Waals surface area contributed by atoms with Gasteiger partial charge in [-0.25, -0.2) is 0 Å². The zero-order valence-corrected chi connectivity index (χ0v) is 17.1. The molecule has 0 fully saturated rings. The molecule has 3 aromatic carbocycles. The van der Waals surface area contributed by atoms with Crippen molar-refractivity contribution in [2.75, 3.05) is 11.9 Å². The van der Waals surface area contributed by atoms with E-state index in [-0.39, 0.29) is 18.6 Å². The van der Waals surface area contributed by atoms with Crippen molar-refractivity contribution in [2.24, 2.45) is 0 Å². The van der Waals surface area contributed by atoms with Gasteiger partial charge in [0.2, 0.25) is 5.13 Å². The van der Waals surface area contributed by atoms with E-state index in [1.807, 2.05) is 91.0 Å². The van der Waals surface area contributed by atoms with E-state index in [4.69, 9.17) is 4.74 Å². The molecule has 30 heavy (non-hydrogen) atoms. The van der Waals surface area contributed by atoms with Gasteiger partial charge in [0, 0.05) is 6.42 Å². The zero-order chi connectivity index (χ0) is 20.6. The lowest BCUT2D eigenvalue weighted by atomic mass is 10.0. The second kappa shape index (κ2) is 9.91. The lowest BCUT2D eigenvalue weighted by Gasteiger charge is -2.18. The van der Waals surface area contributed by atoms with Crippen LogP contribution in [0.25, 0.3) is 0 Å². The fourth-order valence-electron chi connectivity index (χ4n) is 3.10. The highest BCUT2D eigenvalue weighted by atomic mass is 32.1. The summed E-state index contributed by atoms with van der Waals surface area (Å²) in [6.07, 6.45) is 0.371. The van der Waals surface area contributed by atoms with Crippen LogP contribution in [-0.4, -0.2) is 22.7 Å². The lowest BCUT2D eigenvalue weighted by molar-refractivity contribution is -0.121. The molecule has 0 aliphatic rings. The van der Waals surface area contributed by atoms with Gasteiger partial charge in [-0.05, 0) is 16.7 Å². The van der Waals surface area contributed by atoms with Gasteiger partial charge in [0.25, 0.3) is 5.91 Å². The summed E-state index contributed by atoms with van der Waals surface area (Å²) < 4.78 is 6.00. The molecule has 6 heteroatoms. The molecule has 0 bridgehead atoms. The molecule has 150 valence electrons. The largest absolute Gasteiger partial charge is 0.359 e. The summed E-state index contributed by atoms with van der Waals surface area (Å²) in [5.41, 5.74) is 3.15. The number of aromatic nitrogens is 2. The Morgan fingerprint density at radius 1 is 0.833 bits per heavy atom. The first-order valence-electron chi connectivity index (χ1n) is 9.65. The third-order valence-electron chi connectivity index (χ3n) is 4.50. The van der Waals surface area contributed by atoms with Crippen LogP contribution in [-0.2, 0) is 16.0 Å². The number of anilines is 1. The molecular weight excluding hydrogens is 394 g/mol. The van der Waals surface area contributed by atoms with Crippen LogP contribution in [0.4, 0.5) is 5.13 Å². The molecule has 0 aliphatic heterocycles. The number of amides is 1. The number of nitrogens with zero attached hydrogens (tertiary/aromatic N) is 2. The minimum absolute atomic E-state index is 0.0813. The Hall–Kier alpha value is -3.35. The summed E-state index contributed by atoms with van der Waals surface area (Å²) >= 11 is 1.37. The van der Waals surface area contributed by atoms with E-state index in [0.29, 0.717) is 11.6 Å². The SMILES string of the molecule is O=C(COC(c1ccccc1)c1ccccc1)Nc1nnc(Cc2ccccc2)s1. The Kier molecular flexibility index (Phi) is 6.59. The van der Waals surface area contributed by atoms with Gasteiger partial charge in [-0.1, -0.05) is 102 Å². The highest BCUT2D eigenvalue weighted by molar-refractivity contribution is 7.15. The van der Waals surface area contributed by atoms with Crippen molar-refractivity contribution in [1.29, 1.82) is 0 Å². The average molecular weight is 416 g/mol. The van der Waals surface area contributed by atoms with Crippen LogP contribution in [0.1, 0.15) is 27.8 Å². The monoisotopic (exact) mass is 415 g/mol. The quantitative estimate of drug-likeness (QED) is 0.446. The van der Waals surface area contributed by atoms with Crippen LogP contribution >= 0.6 is 11.3 Å². The lowest BCUT2D eigenvalue weighted by Crippen LogP contribution is -2.20. The summed E-state index contributed by atoms with van der Waals surface area (Å²) in [5.74, 6) is -0.255. The molecule has 1 aromatic heterocycles. The van der Waals surface area contributed by atoms with Crippen LogP contribution < -0.4 is 5.32 Å². The number of nitrogens with one attached hydrogen (secondary N) is 1. The minimum Gasteiger partial charge on any atom is -0.359 e.